The third-order valence-electron chi connectivity index (χ3n) is 1.56. The van der Waals surface area contributed by atoms with Gasteiger partial charge in [0.25, 0.3) is 5.69 Å². The fraction of sp³-hybridized carbons (Fsp3) is 0.250. The normalized spacial score (nSPS) is 9.79. The Hall–Kier alpha value is -1.43. The van der Waals surface area contributed by atoms with E-state index in [-0.39, 0.29) is 11.4 Å². The summed E-state index contributed by atoms with van der Waals surface area (Å²) in [6.45, 7) is 0.407. The highest BCUT2D eigenvalue weighted by Gasteiger charge is 2.11. The molecule has 0 aliphatic rings. The lowest BCUT2D eigenvalue weighted by Crippen LogP contribution is -2.00. The van der Waals surface area contributed by atoms with E-state index in [0.717, 1.165) is 0 Å². The van der Waals surface area contributed by atoms with Crippen LogP contribution in [0.5, 0.6) is 5.75 Å². The Morgan fingerprint density at radius 2 is 2.29 bits per heavy atom. The molecule has 0 bridgehead atoms. The maximum Gasteiger partial charge on any atom is 0.295 e. The Labute approximate surface area is 86.4 Å². The minimum Gasteiger partial charge on any atom is -0.492 e. The van der Waals surface area contributed by atoms with Crippen LogP contribution in [0, 0.1) is 10.1 Å². The van der Waals surface area contributed by atoms with Crippen LogP contribution < -0.4 is 10.5 Å². The Balaban J connectivity index is 2.89. The molecular formula is C8H10N2O3S. The number of rotatable bonds is 4. The average molecular weight is 214 g/mol. The predicted molar refractivity (Wildman–Crippen MR) is 56.9 cm³/mol. The van der Waals surface area contributed by atoms with Crippen molar-refractivity contribution in [3.63, 3.8) is 0 Å². The first-order valence-corrected chi connectivity index (χ1v) is 4.56. The van der Waals surface area contributed by atoms with Gasteiger partial charge in [-0.1, -0.05) is 0 Å². The number of nitro groups is 1. The van der Waals surface area contributed by atoms with Crippen molar-refractivity contribution in [2.24, 2.45) is 0 Å². The quantitative estimate of drug-likeness (QED) is 0.344. The molecule has 0 fully saturated rings. The summed E-state index contributed by atoms with van der Waals surface area (Å²) in [5, 5.41) is 10.5. The fourth-order valence-corrected chi connectivity index (χ4v) is 1.03. The number of benzene rings is 1. The number of anilines is 1. The number of ether oxygens (including phenoxy) is 1. The van der Waals surface area contributed by atoms with Gasteiger partial charge in [0.15, 0.2) is 0 Å². The predicted octanol–water partition coefficient (Wildman–Crippen LogP) is 1.49. The largest absolute Gasteiger partial charge is 0.492 e. The molecule has 0 aromatic heterocycles. The van der Waals surface area contributed by atoms with E-state index in [1.54, 1.807) is 6.07 Å². The Bertz CT molecular complexity index is 343. The van der Waals surface area contributed by atoms with Gasteiger partial charge in [-0.15, -0.1) is 0 Å². The molecule has 2 N–H and O–H groups in total. The van der Waals surface area contributed by atoms with Gasteiger partial charge < -0.3 is 10.5 Å². The molecule has 1 rings (SSSR count). The summed E-state index contributed by atoms with van der Waals surface area (Å²) in [7, 11) is 0. The SMILES string of the molecule is Nc1ccc(OCCS)cc1[N+](=O)[O-]. The maximum atomic E-state index is 10.5. The van der Waals surface area contributed by atoms with Crippen molar-refractivity contribution in [1.29, 1.82) is 0 Å². The monoisotopic (exact) mass is 214 g/mol. The summed E-state index contributed by atoms with van der Waals surface area (Å²) in [6.07, 6.45) is 0. The molecule has 6 heteroatoms. The molecule has 0 radical (unpaired) electrons. The van der Waals surface area contributed by atoms with Crippen LogP contribution in [0.2, 0.25) is 0 Å². The lowest BCUT2D eigenvalue weighted by molar-refractivity contribution is -0.384. The summed E-state index contributed by atoms with van der Waals surface area (Å²) in [5.74, 6) is 0.984. The van der Waals surface area contributed by atoms with Gasteiger partial charge in [0.05, 0.1) is 17.6 Å². The number of nitrogens with zero attached hydrogens (tertiary/aromatic N) is 1. The van der Waals surface area contributed by atoms with Crippen LogP contribution in [-0.2, 0) is 0 Å². The number of nitrogen functional groups attached to an aromatic ring is 1. The van der Waals surface area contributed by atoms with Crippen LogP contribution in [0.25, 0.3) is 0 Å². The van der Waals surface area contributed by atoms with Crippen molar-refractivity contribution in [3.05, 3.63) is 28.3 Å². The van der Waals surface area contributed by atoms with Gasteiger partial charge in [0.2, 0.25) is 0 Å². The number of thiol groups is 1. The summed E-state index contributed by atoms with van der Waals surface area (Å²) in [6, 6.07) is 4.34. The zero-order valence-corrected chi connectivity index (χ0v) is 8.24. The number of hydrogen-bond donors (Lipinski definition) is 2. The standard InChI is InChI=1S/C8H10N2O3S/c9-7-2-1-6(13-3-4-14)5-8(7)10(11)12/h1-2,5,14H,3-4,9H2. The average Bonchev–Trinajstić information content (AvgIpc) is 2.16. The van der Waals surface area contributed by atoms with Gasteiger partial charge in [-0.05, 0) is 12.1 Å². The van der Waals surface area contributed by atoms with Crippen molar-refractivity contribution in [2.75, 3.05) is 18.1 Å². The molecule has 1 aromatic rings. The van der Waals surface area contributed by atoms with E-state index in [0.29, 0.717) is 18.1 Å². The molecule has 0 aliphatic heterocycles. The van der Waals surface area contributed by atoms with Crippen LogP contribution in [-0.4, -0.2) is 17.3 Å². The molecule has 0 amide bonds. The highest BCUT2D eigenvalue weighted by molar-refractivity contribution is 7.80. The Morgan fingerprint density at radius 1 is 1.57 bits per heavy atom. The fourth-order valence-electron chi connectivity index (χ4n) is 0.935. The number of nitro benzene ring substituents is 1. The van der Waals surface area contributed by atoms with Gasteiger partial charge in [0, 0.05) is 5.75 Å². The molecule has 0 saturated heterocycles. The molecule has 0 heterocycles. The molecule has 0 saturated carbocycles. The minimum absolute atomic E-state index is 0.133. The second-order valence-electron chi connectivity index (χ2n) is 2.55. The third-order valence-corrected chi connectivity index (χ3v) is 1.74. The lowest BCUT2D eigenvalue weighted by Gasteiger charge is -2.04. The van der Waals surface area contributed by atoms with E-state index in [1.807, 2.05) is 0 Å². The minimum atomic E-state index is -0.539. The lowest BCUT2D eigenvalue weighted by atomic mass is 10.2. The summed E-state index contributed by atoms with van der Waals surface area (Å²) >= 11 is 3.95. The summed E-state index contributed by atoms with van der Waals surface area (Å²) in [4.78, 5) is 9.96. The van der Waals surface area contributed by atoms with Crippen LogP contribution >= 0.6 is 12.6 Å². The van der Waals surface area contributed by atoms with Crippen molar-refractivity contribution in [2.45, 2.75) is 0 Å². The highest BCUT2D eigenvalue weighted by Crippen LogP contribution is 2.26. The van der Waals surface area contributed by atoms with E-state index < -0.39 is 4.92 Å². The zero-order valence-electron chi connectivity index (χ0n) is 7.34. The van der Waals surface area contributed by atoms with Crippen LogP contribution in [0.4, 0.5) is 11.4 Å². The molecule has 76 valence electrons. The topological polar surface area (TPSA) is 78.4 Å². The molecule has 0 unspecified atom stereocenters. The van der Waals surface area contributed by atoms with E-state index in [9.17, 15) is 10.1 Å². The van der Waals surface area contributed by atoms with E-state index in [2.05, 4.69) is 12.6 Å². The first kappa shape index (κ1) is 10.6. The van der Waals surface area contributed by atoms with Crippen LogP contribution in [0.1, 0.15) is 0 Å². The molecular weight excluding hydrogens is 204 g/mol. The second kappa shape index (κ2) is 4.71. The van der Waals surface area contributed by atoms with Crippen molar-refractivity contribution in [1.82, 2.24) is 0 Å². The first-order valence-electron chi connectivity index (χ1n) is 3.92. The van der Waals surface area contributed by atoms with Gasteiger partial charge in [-0.3, -0.25) is 10.1 Å². The van der Waals surface area contributed by atoms with Crippen molar-refractivity contribution < 1.29 is 9.66 Å². The maximum absolute atomic E-state index is 10.5. The van der Waals surface area contributed by atoms with E-state index >= 15 is 0 Å². The number of nitrogens with two attached hydrogens (primary N) is 1. The molecule has 0 spiro atoms. The van der Waals surface area contributed by atoms with Gasteiger partial charge in [-0.2, -0.15) is 12.6 Å². The molecule has 5 nitrogen and oxygen atoms in total. The van der Waals surface area contributed by atoms with Crippen LogP contribution in [0.15, 0.2) is 18.2 Å². The molecule has 0 aliphatic carbocycles. The highest BCUT2D eigenvalue weighted by atomic mass is 32.1. The van der Waals surface area contributed by atoms with Crippen molar-refractivity contribution in [3.8, 4) is 5.75 Å². The smallest absolute Gasteiger partial charge is 0.295 e. The molecule has 14 heavy (non-hydrogen) atoms. The van der Waals surface area contributed by atoms with Gasteiger partial charge in [-0.25, -0.2) is 0 Å². The third kappa shape index (κ3) is 2.53. The van der Waals surface area contributed by atoms with E-state index in [1.165, 1.54) is 12.1 Å². The second-order valence-corrected chi connectivity index (χ2v) is 3.00. The van der Waals surface area contributed by atoms with Gasteiger partial charge >= 0.3 is 0 Å². The zero-order chi connectivity index (χ0) is 10.6. The Kier molecular flexibility index (Phi) is 3.58. The Morgan fingerprint density at radius 3 is 2.86 bits per heavy atom. The molecule has 0 atom stereocenters. The number of hydrogen-bond acceptors (Lipinski definition) is 5. The van der Waals surface area contributed by atoms with Gasteiger partial charge in [0.1, 0.15) is 11.4 Å². The van der Waals surface area contributed by atoms with Crippen LogP contribution in [0.3, 0.4) is 0 Å². The van der Waals surface area contributed by atoms with Crippen molar-refractivity contribution >= 4 is 24.0 Å². The summed E-state index contributed by atoms with van der Waals surface area (Å²) in [5.41, 5.74) is 5.40. The van der Waals surface area contributed by atoms with E-state index in [4.69, 9.17) is 10.5 Å². The molecule has 1 aromatic carbocycles. The summed E-state index contributed by atoms with van der Waals surface area (Å²) < 4.78 is 5.16. The first-order chi connectivity index (χ1) is 6.65.